The van der Waals surface area contributed by atoms with Gasteiger partial charge in [-0.2, -0.15) is 4.98 Å². The van der Waals surface area contributed by atoms with Crippen molar-refractivity contribution >= 4 is 0 Å². The molecule has 0 aliphatic heterocycles. The third kappa shape index (κ3) is 2.34. The van der Waals surface area contributed by atoms with Crippen LogP contribution < -0.4 is 5.73 Å². The molecule has 1 saturated carbocycles. The topological polar surface area (TPSA) is 83.4 Å². The molecule has 0 amide bonds. The van der Waals surface area contributed by atoms with Gasteiger partial charge in [-0.15, -0.1) is 0 Å². The molecule has 1 fully saturated rings. The third-order valence-electron chi connectivity index (χ3n) is 3.31. The Morgan fingerprint density at radius 1 is 1.41 bits per heavy atom. The van der Waals surface area contributed by atoms with Crippen molar-refractivity contribution in [1.29, 1.82) is 0 Å². The SMILES string of the molecule is COCC(N)c1nc(C2(OC)CCCC2)no1. The van der Waals surface area contributed by atoms with Crippen LogP contribution in [0.3, 0.4) is 0 Å². The molecule has 2 rings (SSSR count). The fraction of sp³-hybridized carbons (Fsp3) is 0.818. The molecule has 0 spiro atoms. The van der Waals surface area contributed by atoms with Crippen LogP contribution in [0.5, 0.6) is 0 Å². The molecule has 1 unspecified atom stereocenters. The van der Waals surface area contributed by atoms with Crippen LogP contribution in [0.1, 0.15) is 43.4 Å². The summed E-state index contributed by atoms with van der Waals surface area (Å²) in [6, 6.07) is -0.378. The van der Waals surface area contributed by atoms with Crippen LogP contribution in [0.15, 0.2) is 4.52 Å². The quantitative estimate of drug-likeness (QED) is 0.832. The lowest BCUT2D eigenvalue weighted by atomic mass is 10.0. The highest BCUT2D eigenvalue weighted by atomic mass is 16.5. The maximum absolute atomic E-state index is 5.84. The molecule has 1 aliphatic carbocycles. The zero-order valence-corrected chi connectivity index (χ0v) is 10.3. The molecule has 1 aromatic heterocycles. The summed E-state index contributed by atoms with van der Waals surface area (Å²) >= 11 is 0. The minimum absolute atomic E-state index is 0.363. The van der Waals surface area contributed by atoms with Crippen molar-refractivity contribution in [2.75, 3.05) is 20.8 Å². The number of aromatic nitrogens is 2. The van der Waals surface area contributed by atoms with Gasteiger partial charge in [0.2, 0.25) is 11.7 Å². The first-order chi connectivity index (χ1) is 8.22. The monoisotopic (exact) mass is 241 g/mol. The predicted molar refractivity (Wildman–Crippen MR) is 60.3 cm³/mol. The minimum Gasteiger partial charge on any atom is -0.383 e. The van der Waals surface area contributed by atoms with Crippen molar-refractivity contribution in [3.05, 3.63) is 11.7 Å². The first-order valence-electron chi connectivity index (χ1n) is 5.85. The molecule has 0 radical (unpaired) electrons. The van der Waals surface area contributed by atoms with Crippen LogP contribution in [-0.2, 0) is 15.1 Å². The molecular formula is C11H19N3O3. The van der Waals surface area contributed by atoms with E-state index in [0.29, 0.717) is 18.3 Å². The van der Waals surface area contributed by atoms with Crippen LogP contribution in [0.2, 0.25) is 0 Å². The highest BCUT2D eigenvalue weighted by molar-refractivity contribution is 5.05. The maximum atomic E-state index is 5.84. The molecule has 96 valence electrons. The van der Waals surface area contributed by atoms with Crippen molar-refractivity contribution in [3.63, 3.8) is 0 Å². The van der Waals surface area contributed by atoms with E-state index in [-0.39, 0.29) is 11.6 Å². The molecular weight excluding hydrogens is 222 g/mol. The van der Waals surface area contributed by atoms with Gasteiger partial charge in [0.15, 0.2) is 0 Å². The van der Waals surface area contributed by atoms with Crippen molar-refractivity contribution in [3.8, 4) is 0 Å². The third-order valence-corrected chi connectivity index (χ3v) is 3.31. The highest BCUT2D eigenvalue weighted by Gasteiger charge is 2.40. The van der Waals surface area contributed by atoms with E-state index in [4.69, 9.17) is 19.7 Å². The van der Waals surface area contributed by atoms with Crippen LogP contribution in [-0.4, -0.2) is 31.0 Å². The Bertz CT molecular complexity index is 361. The molecule has 6 nitrogen and oxygen atoms in total. The van der Waals surface area contributed by atoms with Crippen LogP contribution in [0, 0.1) is 0 Å². The Morgan fingerprint density at radius 2 is 2.12 bits per heavy atom. The second kappa shape index (κ2) is 5.12. The molecule has 0 bridgehead atoms. The average molecular weight is 241 g/mol. The molecule has 0 aromatic carbocycles. The second-order valence-electron chi connectivity index (χ2n) is 4.42. The van der Waals surface area contributed by atoms with Gasteiger partial charge in [-0.25, -0.2) is 0 Å². The van der Waals surface area contributed by atoms with Crippen molar-refractivity contribution in [2.45, 2.75) is 37.3 Å². The number of nitrogens with two attached hydrogens (primary N) is 1. The predicted octanol–water partition coefficient (Wildman–Crippen LogP) is 1.13. The van der Waals surface area contributed by atoms with E-state index in [0.717, 1.165) is 25.7 Å². The molecule has 0 saturated heterocycles. The van der Waals surface area contributed by atoms with Crippen LogP contribution in [0.4, 0.5) is 0 Å². The number of ether oxygens (including phenoxy) is 2. The van der Waals surface area contributed by atoms with E-state index in [9.17, 15) is 0 Å². The summed E-state index contributed by atoms with van der Waals surface area (Å²) < 4.78 is 15.7. The van der Waals surface area contributed by atoms with Crippen molar-refractivity contribution in [1.82, 2.24) is 10.1 Å². The first kappa shape index (κ1) is 12.5. The van der Waals surface area contributed by atoms with Gasteiger partial charge < -0.3 is 19.7 Å². The Morgan fingerprint density at radius 3 is 2.71 bits per heavy atom. The lowest BCUT2D eigenvalue weighted by Crippen LogP contribution is -2.26. The van der Waals surface area contributed by atoms with Gasteiger partial charge in [0, 0.05) is 14.2 Å². The minimum atomic E-state index is -0.380. The van der Waals surface area contributed by atoms with Gasteiger partial charge in [-0.05, 0) is 25.7 Å². The van der Waals surface area contributed by atoms with Crippen LogP contribution >= 0.6 is 0 Å². The molecule has 1 heterocycles. The van der Waals surface area contributed by atoms with E-state index in [1.807, 2.05) is 0 Å². The summed E-state index contributed by atoms with van der Waals surface area (Å²) in [7, 11) is 3.28. The normalized spacial score (nSPS) is 20.6. The molecule has 1 atom stereocenters. The molecule has 6 heteroatoms. The van der Waals surface area contributed by atoms with Gasteiger partial charge in [0.25, 0.3) is 0 Å². The number of hydrogen-bond acceptors (Lipinski definition) is 6. The van der Waals surface area contributed by atoms with Gasteiger partial charge in [0.05, 0.1) is 6.61 Å². The van der Waals surface area contributed by atoms with Gasteiger partial charge in [-0.1, -0.05) is 5.16 Å². The van der Waals surface area contributed by atoms with Gasteiger partial charge in [-0.3, -0.25) is 0 Å². The maximum Gasteiger partial charge on any atom is 0.246 e. The molecule has 2 N–H and O–H groups in total. The van der Waals surface area contributed by atoms with Crippen LogP contribution in [0.25, 0.3) is 0 Å². The van der Waals surface area contributed by atoms with E-state index in [1.165, 1.54) is 0 Å². The Balaban J connectivity index is 2.16. The Hall–Kier alpha value is -0.980. The van der Waals surface area contributed by atoms with E-state index in [1.54, 1.807) is 14.2 Å². The zero-order chi connectivity index (χ0) is 12.3. The van der Waals surface area contributed by atoms with E-state index >= 15 is 0 Å². The highest BCUT2D eigenvalue weighted by Crippen LogP contribution is 2.40. The summed E-state index contributed by atoms with van der Waals surface area (Å²) in [6.07, 6.45) is 4.12. The largest absolute Gasteiger partial charge is 0.383 e. The molecule has 1 aromatic rings. The second-order valence-corrected chi connectivity index (χ2v) is 4.42. The van der Waals surface area contributed by atoms with Gasteiger partial charge >= 0.3 is 0 Å². The van der Waals surface area contributed by atoms with Crippen molar-refractivity contribution in [2.24, 2.45) is 5.73 Å². The Labute approximate surface area is 100 Å². The lowest BCUT2D eigenvalue weighted by Gasteiger charge is -2.22. The zero-order valence-electron chi connectivity index (χ0n) is 10.3. The fourth-order valence-corrected chi connectivity index (χ4v) is 2.29. The lowest BCUT2D eigenvalue weighted by molar-refractivity contribution is -0.0178. The fourth-order valence-electron chi connectivity index (χ4n) is 2.29. The smallest absolute Gasteiger partial charge is 0.246 e. The molecule has 1 aliphatic rings. The average Bonchev–Trinajstić information content (AvgIpc) is 2.99. The summed E-state index contributed by atoms with van der Waals surface area (Å²) in [5.74, 6) is 1.02. The van der Waals surface area contributed by atoms with E-state index < -0.39 is 0 Å². The number of nitrogens with zero attached hydrogens (tertiary/aromatic N) is 2. The Kier molecular flexibility index (Phi) is 3.76. The number of hydrogen-bond donors (Lipinski definition) is 1. The molecule has 17 heavy (non-hydrogen) atoms. The number of rotatable bonds is 5. The first-order valence-corrected chi connectivity index (χ1v) is 5.85. The van der Waals surface area contributed by atoms with Gasteiger partial charge in [0.1, 0.15) is 11.6 Å². The summed E-state index contributed by atoms with van der Waals surface area (Å²) in [5, 5.41) is 4.00. The summed E-state index contributed by atoms with van der Waals surface area (Å²) in [6.45, 7) is 0.363. The standard InChI is InChI=1S/C11H19N3O3/c1-15-7-8(12)9-13-10(14-17-9)11(16-2)5-3-4-6-11/h8H,3-7,12H2,1-2H3. The van der Waals surface area contributed by atoms with E-state index in [2.05, 4.69) is 10.1 Å². The summed E-state index contributed by atoms with van der Waals surface area (Å²) in [4.78, 5) is 4.35. The van der Waals surface area contributed by atoms with Crippen molar-refractivity contribution < 1.29 is 14.0 Å². The number of methoxy groups -OCH3 is 2. The summed E-state index contributed by atoms with van der Waals surface area (Å²) in [5.41, 5.74) is 5.46.